The Morgan fingerprint density at radius 2 is 1.96 bits per heavy atom. The van der Waals surface area contributed by atoms with Crippen molar-refractivity contribution in [3.05, 3.63) is 42.2 Å². The van der Waals surface area contributed by atoms with Crippen LogP contribution in [0.25, 0.3) is 11.4 Å². The first-order chi connectivity index (χ1) is 11.9. The van der Waals surface area contributed by atoms with Gasteiger partial charge in [-0.25, -0.2) is 4.98 Å². The minimum absolute atomic E-state index is 0.674. The van der Waals surface area contributed by atoms with Crippen LogP contribution in [0, 0.1) is 11.3 Å². The van der Waals surface area contributed by atoms with Crippen molar-refractivity contribution in [3.63, 3.8) is 0 Å². The minimum atomic E-state index is 0.674. The number of ether oxygens (including phenoxy) is 1. The summed E-state index contributed by atoms with van der Waals surface area (Å²) in [4.78, 5) is 6.95. The maximum Gasteiger partial charge on any atom is 0.139 e. The molecule has 0 saturated carbocycles. The van der Waals surface area contributed by atoms with E-state index in [4.69, 9.17) is 10.00 Å². The van der Waals surface area contributed by atoms with Crippen LogP contribution in [0.3, 0.4) is 0 Å². The molecule has 3 rings (SSSR count). The van der Waals surface area contributed by atoms with Gasteiger partial charge in [0.15, 0.2) is 0 Å². The van der Waals surface area contributed by atoms with E-state index in [1.54, 1.807) is 0 Å². The van der Waals surface area contributed by atoms with Gasteiger partial charge in [0.2, 0.25) is 0 Å². The highest BCUT2D eigenvalue weighted by molar-refractivity contribution is 5.58. The van der Waals surface area contributed by atoms with Crippen LogP contribution in [0.5, 0.6) is 0 Å². The van der Waals surface area contributed by atoms with E-state index in [-0.39, 0.29) is 0 Å². The summed E-state index contributed by atoms with van der Waals surface area (Å²) in [5.41, 5.74) is 1.68. The Kier molecular flexibility index (Phi) is 6.00. The van der Waals surface area contributed by atoms with Crippen LogP contribution in [0.4, 0.5) is 0 Å². The Bertz CT molecular complexity index is 683. The molecule has 2 heterocycles. The van der Waals surface area contributed by atoms with Crippen molar-refractivity contribution in [2.24, 2.45) is 0 Å². The monoisotopic (exact) mass is 324 g/mol. The molecule has 126 valence electrons. The third-order valence-corrected chi connectivity index (χ3v) is 4.44. The molecule has 2 aromatic rings. The molecule has 24 heavy (non-hydrogen) atoms. The van der Waals surface area contributed by atoms with Crippen molar-refractivity contribution in [3.8, 4) is 17.5 Å². The van der Waals surface area contributed by atoms with E-state index in [1.807, 2.05) is 36.7 Å². The number of hydrogen-bond acceptors (Lipinski definition) is 4. The lowest BCUT2D eigenvalue weighted by Gasteiger charge is -2.26. The predicted molar refractivity (Wildman–Crippen MR) is 93.5 cm³/mol. The maximum absolute atomic E-state index is 9.05. The zero-order chi connectivity index (χ0) is 16.6. The van der Waals surface area contributed by atoms with Gasteiger partial charge in [-0.15, -0.1) is 0 Å². The van der Waals surface area contributed by atoms with Gasteiger partial charge < -0.3 is 9.30 Å². The number of aromatic nitrogens is 2. The number of morpholine rings is 1. The molecule has 0 unspecified atom stereocenters. The van der Waals surface area contributed by atoms with Gasteiger partial charge in [-0.1, -0.05) is 18.6 Å². The Labute approximate surface area is 143 Å². The van der Waals surface area contributed by atoms with E-state index in [9.17, 15) is 0 Å². The molecule has 0 radical (unpaired) electrons. The summed E-state index contributed by atoms with van der Waals surface area (Å²) in [6.45, 7) is 6.03. The molecule has 0 aliphatic carbocycles. The molecular weight excluding hydrogens is 300 g/mol. The van der Waals surface area contributed by atoms with Crippen LogP contribution in [0.1, 0.15) is 24.8 Å². The second-order valence-corrected chi connectivity index (χ2v) is 6.15. The van der Waals surface area contributed by atoms with Gasteiger partial charge in [0.25, 0.3) is 0 Å². The van der Waals surface area contributed by atoms with Crippen molar-refractivity contribution < 1.29 is 4.74 Å². The Hall–Kier alpha value is -2.16. The second kappa shape index (κ2) is 8.62. The van der Waals surface area contributed by atoms with E-state index in [1.165, 1.54) is 19.4 Å². The minimum Gasteiger partial charge on any atom is -0.379 e. The van der Waals surface area contributed by atoms with Crippen LogP contribution in [-0.2, 0) is 11.3 Å². The van der Waals surface area contributed by atoms with E-state index >= 15 is 0 Å². The zero-order valence-electron chi connectivity index (χ0n) is 14.0. The summed E-state index contributed by atoms with van der Waals surface area (Å²) in [6, 6.07) is 9.84. The summed E-state index contributed by atoms with van der Waals surface area (Å²) in [7, 11) is 0. The van der Waals surface area contributed by atoms with Crippen LogP contribution in [0.15, 0.2) is 36.7 Å². The lowest BCUT2D eigenvalue weighted by atomic mass is 10.1. The second-order valence-electron chi connectivity index (χ2n) is 6.15. The largest absolute Gasteiger partial charge is 0.379 e. The van der Waals surface area contributed by atoms with Gasteiger partial charge in [-0.2, -0.15) is 5.26 Å². The van der Waals surface area contributed by atoms with Crippen molar-refractivity contribution in [1.29, 1.82) is 5.26 Å². The Morgan fingerprint density at radius 3 is 2.79 bits per heavy atom. The molecule has 1 saturated heterocycles. The fourth-order valence-electron chi connectivity index (χ4n) is 3.10. The summed E-state index contributed by atoms with van der Waals surface area (Å²) in [5, 5.41) is 9.05. The van der Waals surface area contributed by atoms with Crippen LogP contribution < -0.4 is 0 Å². The van der Waals surface area contributed by atoms with Crippen molar-refractivity contribution in [2.75, 3.05) is 32.8 Å². The SMILES string of the molecule is N#Cc1cccc(-c2nccn2CCCCCN2CCOCC2)c1. The molecular formula is C19H24N4O. The highest BCUT2D eigenvalue weighted by Gasteiger charge is 2.10. The standard InChI is InChI=1S/C19H24N4O/c20-16-17-5-4-6-18(15-17)19-21-7-10-23(19)9-3-1-2-8-22-11-13-24-14-12-22/h4-7,10,15H,1-3,8-9,11-14H2. The van der Waals surface area contributed by atoms with Gasteiger partial charge in [-0.3, -0.25) is 4.90 Å². The lowest BCUT2D eigenvalue weighted by Crippen LogP contribution is -2.36. The number of rotatable bonds is 7. The number of unbranched alkanes of at least 4 members (excludes halogenated alkanes) is 2. The van der Waals surface area contributed by atoms with E-state index in [2.05, 4.69) is 20.5 Å². The van der Waals surface area contributed by atoms with Gasteiger partial charge in [0.05, 0.1) is 24.8 Å². The lowest BCUT2D eigenvalue weighted by molar-refractivity contribution is 0.0371. The number of hydrogen-bond donors (Lipinski definition) is 0. The number of nitrogens with zero attached hydrogens (tertiary/aromatic N) is 4. The maximum atomic E-state index is 9.05. The average Bonchev–Trinajstić information content (AvgIpc) is 3.11. The van der Waals surface area contributed by atoms with Crippen LogP contribution in [0.2, 0.25) is 0 Å². The predicted octanol–water partition coefficient (Wildman–Crippen LogP) is 2.92. The topological polar surface area (TPSA) is 54.1 Å². The van der Waals surface area contributed by atoms with Crippen molar-refractivity contribution in [2.45, 2.75) is 25.8 Å². The first-order valence-electron chi connectivity index (χ1n) is 8.68. The van der Waals surface area contributed by atoms with Gasteiger partial charge >= 0.3 is 0 Å². The molecule has 5 heteroatoms. The van der Waals surface area contributed by atoms with Crippen LogP contribution in [-0.4, -0.2) is 47.3 Å². The van der Waals surface area contributed by atoms with Gasteiger partial charge in [-0.05, 0) is 31.5 Å². The Morgan fingerprint density at radius 1 is 1.12 bits per heavy atom. The fourth-order valence-corrected chi connectivity index (χ4v) is 3.10. The molecule has 1 aromatic carbocycles. The highest BCUT2D eigenvalue weighted by Crippen LogP contribution is 2.19. The molecule has 0 atom stereocenters. The van der Waals surface area contributed by atoms with Crippen molar-refractivity contribution >= 4 is 0 Å². The van der Waals surface area contributed by atoms with E-state index in [0.29, 0.717) is 5.56 Å². The van der Waals surface area contributed by atoms with E-state index in [0.717, 1.165) is 50.7 Å². The highest BCUT2D eigenvalue weighted by atomic mass is 16.5. The molecule has 0 amide bonds. The van der Waals surface area contributed by atoms with E-state index < -0.39 is 0 Å². The smallest absolute Gasteiger partial charge is 0.139 e. The molecule has 1 aliphatic heterocycles. The third kappa shape index (κ3) is 4.44. The molecule has 1 fully saturated rings. The summed E-state index contributed by atoms with van der Waals surface area (Å²) >= 11 is 0. The number of aryl methyl sites for hydroxylation is 1. The molecule has 5 nitrogen and oxygen atoms in total. The number of imidazole rings is 1. The van der Waals surface area contributed by atoms with Gasteiger partial charge in [0, 0.05) is 37.6 Å². The fraction of sp³-hybridized carbons (Fsp3) is 0.474. The molecule has 1 aliphatic rings. The Balaban J connectivity index is 1.48. The van der Waals surface area contributed by atoms with Gasteiger partial charge in [0.1, 0.15) is 5.82 Å². The number of benzene rings is 1. The molecule has 0 spiro atoms. The zero-order valence-corrected chi connectivity index (χ0v) is 14.0. The summed E-state index contributed by atoms with van der Waals surface area (Å²) < 4.78 is 7.56. The molecule has 0 N–H and O–H groups in total. The van der Waals surface area contributed by atoms with Crippen molar-refractivity contribution in [1.82, 2.24) is 14.5 Å². The molecule has 0 bridgehead atoms. The first-order valence-corrected chi connectivity index (χ1v) is 8.68. The van der Waals surface area contributed by atoms with Crippen LogP contribution >= 0.6 is 0 Å². The average molecular weight is 324 g/mol. The summed E-state index contributed by atoms with van der Waals surface area (Å²) in [6.07, 6.45) is 7.45. The first kappa shape index (κ1) is 16.7. The summed E-state index contributed by atoms with van der Waals surface area (Å²) in [5.74, 6) is 0.945. The number of nitriles is 1. The quantitative estimate of drug-likeness (QED) is 0.735. The third-order valence-electron chi connectivity index (χ3n) is 4.44. The normalized spacial score (nSPS) is 15.3. The molecule has 1 aromatic heterocycles.